The van der Waals surface area contributed by atoms with Gasteiger partial charge in [-0.05, 0) is 31.5 Å². The highest BCUT2D eigenvalue weighted by atomic mass is 79.9. The fraction of sp³-hybridized carbons (Fsp3) is 0.333. The van der Waals surface area contributed by atoms with Crippen molar-refractivity contribution in [2.24, 2.45) is 5.41 Å². The van der Waals surface area contributed by atoms with Gasteiger partial charge < -0.3 is 5.32 Å². The number of halogens is 1. The fourth-order valence-electron chi connectivity index (χ4n) is 1.89. The maximum atomic E-state index is 8.99. The summed E-state index contributed by atoms with van der Waals surface area (Å²) in [5.41, 5.74) is 1.80. The van der Waals surface area contributed by atoms with Gasteiger partial charge in [-0.1, -0.05) is 28.1 Å². The van der Waals surface area contributed by atoms with E-state index in [1.165, 1.54) is 0 Å². The lowest BCUT2D eigenvalue weighted by Gasteiger charge is -2.16. The molecule has 0 aliphatic heterocycles. The number of nitrogens with zero attached hydrogens (tertiary/aromatic N) is 2. The normalized spacial score (nSPS) is 11.5. The summed E-state index contributed by atoms with van der Waals surface area (Å²) in [6, 6.07) is 10.4. The molecule has 1 aromatic heterocycles. The second-order valence-electron chi connectivity index (χ2n) is 5.21. The van der Waals surface area contributed by atoms with Crippen LogP contribution in [0.25, 0.3) is 10.9 Å². The summed E-state index contributed by atoms with van der Waals surface area (Å²) in [6.45, 7) is 5.23. The first-order valence-corrected chi connectivity index (χ1v) is 6.97. The summed E-state index contributed by atoms with van der Waals surface area (Å²) in [6.07, 6.45) is 1.80. The standard InChI is InChI=1S/C15H16BrN3/c1-15(2,9-17)10-18-8-11-5-6-13(16)12-4-3-7-19-14(11)12/h3-7,18H,8,10H2,1-2H3. The molecule has 0 amide bonds. The highest BCUT2D eigenvalue weighted by molar-refractivity contribution is 9.10. The number of pyridine rings is 1. The molecule has 0 aliphatic carbocycles. The highest BCUT2D eigenvalue weighted by Crippen LogP contribution is 2.25. The Labute approximate surface area is 121 Å². The highest BCUT2D eigenvalue weighted by Gasteiger charge is 2.15. The van der Waals surface area contributed by atoms with Gasteiger partial charge in [0.2, 0.25) is 0 Å². The zero-order valence-electron chi connectivity index (χ0n) is 11.1. The third-order valence-electron chi connectivity index (χ3n) is 2.99. The quantitative estimate of drug-likeness (QED) is 0.936. The molecule has 0 aliphatic rings. The van der Waals surface area contributed by atoms with Gasteiger partial charge >= 0.3 is 0 Å². The van der Waals surface area contributed by atoms with E-state index in [0.717, 1.165) is 20.9 Å². The molecule has 1 heterocycles. The maximum absolute atomic E-state index is 8.99. The lowest BCUT2D eigenvalue weighted by Crippen LogP contribution is -2.27. The van der Waals surface area contributed by atoms with Crippen molar-refractivity contribution in [1.82, 2.24) is 10.3 Å². The minimum atomic E-state index is -0.349. The Morgan fingerprint density at radius 1 is 1.37 bits per heavy atom. The molecular formula is C15H16BrN3. The SMILES string of the molecule is CC(C)(C#N)CNCc1ccc(Br)c2cccnc12. The van der Waals surface area contributed by atoms with Crippen molar-refractivity contribution in [2.75, 3.05) is 6.54 Å². The van der Waals surface area contributed by atoms with Gasteiger partial charge in [-0.15, -0.1) is 0 Å². The number of hydrogen-bond donors (Lipinski definition) is 1. The molecule has 19 heavy (non-hydrogen) atoms. The topological polar surface area (TPSA) is 48.7 Å². The van der Waals surface area contributed by atoms with E-state index in [1.807, 2.05) is 26.0 Å². The van der Waals surface area contributed by atoms with Crippen LogP contribution >= 0.6 is 15.9 Å². The predicted octanol–water partition coefficient (Wildman–Crippen LogP) is 3.64. The molecule has 4 heteroatoms. The van der Waals surface area contributed by atoms with Crippen molar-refractivity contribution in [1.29, 1.82) is 5.26 Å². The molecule has 3 nitrogen and oxygen atoms in total. The number of nitrogens with one attached hydrogen (secondary N) is 1. The van der Waals surface area contributed by atoms with Crippen molar-refractivity contribution in [3.8, 4) is 6.07 Å². The molecule has 0 bridgehead atoms. The van der Waals surface area contributed by atoms with Crippen LogP contribution in [0, 0.1) is 16.7 Å². The van der Waals surface area contributed by atoms with Crippen LogP contribution in [-0.2, 0) is 6.54 Å². The monoisotopic (exact) mass is 317 g/mol. The first-order valence-electron chi connectivity index (χ1n) is 6.17. The van der Waals surface area contributed by atoms with E-state index in [2.05, 4.69) is 44.4 Å². The van der Waals surface area contributed by atoms with E-state index in [1.54, 1.807) is 6.20 Å². The van der Waals surface area contributed by atoms with Crippen molar-refractivity contribution in [3.63, 3.8) is 0 Å². The fourth-order valence-corrected chi connectivity index (χ4v) is 2.34. The van der Waals surface area contributed by atoms with Crippen LogP contribution in [0.1, 0.15) is 19.4 Å². The summed E-state index contributed by atoms with van der Waals surface area (Å²) in [5, 5.41) is 13.4. The van der Waals surface area contributed by atoms with Gasteiger partial charge in [-0.2, -0.15) is 5.26 Å². The largest absolute Gasteiger partial charge is 0.311 e. The van der Waals surface area contributed by atoms with Gasteiger partial charge in [0.05, 0.1) is 17.0 Å². The van der Waals surface area contributed by atoms with Gasteiger partial charge in [0.1, 0.15) is 0 Å². The Kier molecular flexibility index (Phi) is 4.18. The Morgan fingerprint density at radius 3 is 2.89 bits per heavy atom. The van der Waals surface area contributed by atoms with Crippen LogP contribution in [0.4, 0.5) is 0 Å². The molecule has 2 aromatic rings. The zero-order chi connectivity index (χ0) is 13.9. The smallest absolute Gasteiger partial charge is 0.0758 e. The Bertz CT molecular complexity index is 629. The lowest BCUT2D eigenvalue weighted by molar-refractivity contribution is 0.445. The first-order chi connectivity index (χ1) is 9.03. The second-order valence-corrected chi connectivity index (χ2v) is 6.06. The molecule has 98 valence electrons. The third-order valence-corrected chi connectivity index (χ3v) is 3.68. The zero-order valence-corrected chi connectivity index (χ0v) is 12.7. The molecule has 0 fully saturated rings. The lowest BCUT2D eigenvalue weighted by atomic mass is 9.96. The summed E-state index contributed by atoms with van der Waals surface area (Å²) in [5.74, 6) is 0. The van der Waals surface area contributed by atoms with Crippen LogP contribution in [0.5, 0.6) is 0 Å². The summed E-state index contributed by atoms with van der Waals surface area (Å²) < 4.78 is 1.05. The van der Waals surface area contributed by atoms with Gasteiger partial charge in [0.25, 0.3) is 0 Å². The summed E-state index contributed by atoms with van der Waals surface area (Å²) in [7, 11) is 0. The number of nitriles is 1. The van der Waals surface area contributed by atoms with Crippen molar-refractivity contribution < 1.29 is 0 Å². The predicted molar refractivity (Wildman–Crippen MR) is 80.5 cm³/mol. The molecule has 0 saturated heterocycles. The van der Waals surface area contributed by atoms with Gasteiger partial charge in [-0.3, -0.25) is 4.98 Å². The van der Waals surface area contributed by atoms with E-state index >= 15 is 0 Å². The van der Waals surface area contributed by atoms with Gasteiger partial charge in [0.15, 0.2) is 0 Å². The Morgan fingerprint density at radius 2 is 2.16 bits per heavy atom. The van der Waals surface area contributed by atoms with Crippen molar-refractivity contribution >= 4 is 26.8 Å². The molecule has 0 spiro atoms. The van der Waals surface area contributed by atoms with Gasteiger partial charge in [0, 0.05) is 29.1 Å². The Hall–Kier alpha value is -1.44. The summed E-state index contributed by atoms with van der Waals surface area (Å²) >= 11 is 3.54. The van der Waals surface area contributed by atoms with Crippen LogP contribution in [0.2, 0.25) is 0 Å². The van der Waals surface area contributed by atoms with Crippen molar-refractivity contribution in [3.05, 3.63) is 40.5 Å². The number of hydrogen-bond acceptors (Lipinski definition) is 3. The van der Waals surface area contributed by atoms with Gasteiger partial charge in [-0.25, -0.2) is 0 Å². The van der Waals surface area contributed by atoms with E-state index in [-0.39, 0.29) is 5.41 Å². The molecule has 0 atom stereocenters. The second kappa shape index (κ2) is 5.68. The third kappa shape index (κ3) is 3.31. The average molecular weight is 318 g/mol. The van der Waals surface area contributed by atoms with E-state index in [0.29, 0.717) is 13.1 Å². The number of aromatic nitrogens is 1. The number of rotatable bonds is 4. The molecule has 1 aromatic carbocycles. The van der Waals surface area contributed by atoms with Crippen molar-refractivity contribution in [2.45, 2.75) is 20.4 Å². The minimum Gasteiger partial charge on any atom is -0.311 e. The number of benzene rings is 1. The van der Waals surface area contributed by atoms with Crippen LogP contribution < -0.4 is 5.32 Å². The average Bonchev–Trinajstić information content (AvgIpc) is 2.42. The van der Waals surface area contributed by atoms with Crippen LogP contribution in [0.15, 0.2) is 34.9 Å². The van der Waals surface area contributed by atoms with E-state index < -0.39 is 0 Å². The molecule has 0 radical (unpaired) electrons. The van der Waals surface area contributed by atoms with Crippen LogP contribution in [-0.4, -0.2) is 11.5 Å². The molecular weight excluding hydrogens is 302 g/mol. The van der Waals surface area contributed by atoms with E-state index in [9.17, 15) is 0 Å². The van der Waals surface area contributed by atoms with Crippen LogP contribution in [0.3, 0.4) is 0 Å². The molecule has 2 rings (SSSR count). The maximum Gasteiger partial charge on any atom is 0.0758 e. The molecule has 1 N–H and O–H groups in total. The van der Waals surface area contributed by atoms with E-state index in [4.69, 9.17) is 5.26 Å². The first kappa shape index (κ1) is 14.0. The number of fused-ring (bicyclic) bond motifs is 1. The molecule has 0 saturated carbocycles. The molecule has 0 unspecified atom stereocenters. The minimum absolute atomic E-state index is 0.349. The summed E-state index contributed by atoms with van der Waals surface area (Å²) in [4.78, 5) is 4.44. The Balaban J connectivity index is 2.18.